The normalized spacial score (nSPS) is 18.9. The van der Waals surface area contributed by atoms with E-state index >= 15 is 0 Å². The first-order chi connectivity index (χ1) is 12.1. The number of aromatic nitrogens is 5. The Morgan fingerprint density at radius 1 is 1.24 bits per heavy atom. The van der Waals surface area contributed by atoms with E-state index in [1.54, 1.807) is 0 Å². The van der Waals surface area contributed by atoms with Crippen LogP contribution in [0, 0.1) is 19.8 Å². The van der Waals surface area contributed by atoms with Crippen LogP contribution in [0.3, 0.4) is 0 Å². The molecule has 0 spiro atoms. The number of likely N-dealkylation sites (tertiary alicyclic amines) is 1. The van der Waals surface area contributed by atoms with Gasteiger partial charge in [-0.15, -0.1) is 0 Å². The van der Waals surface area contributed by atoms with Gasteiger partial charge in [0.2, 0.25) is 5.78 Å². The quantitative estimate of drug-likeness (QED) is 0.733. The van der Waals surface area contributed by atoms with E-state index in [1.165, 1.54) is 30.1 Å². The van der Waals surface area contributed by atoms with Crippen molar-refractivity contribution in [3.63, 3.8) is 0 Å². The number of hydrogen-bond acceptors (Lipinski definition) is 4. The molecule has 4 heterocycles. The molecule has 3 aromatic rings. The largest absolute Gasteiger partial charge is 0.338 e. The molecule has 0 saturated carbocycles. The van der Waals surface area contributed by atoms with Crippen LogP contribution in [0.2, 0.25) is 0 Å². The van der Waals surface area contributed by atoms with Crippen molar-refractivity contribution >= 4 is 5.78 Å². The molecule has 1 aliphatic heterocycles. The zero-order valence-electron chi connectivity index (χ0n) is 15.3. The molecule has 1 aliphatic rings. The van der Waals surface area contributed by atoms with Gasteiger partial charge in [0, 0.05) is 50.3 Å². The summed E-state index contributed by atoms with van der Waals surface area (Å²) in [4.78, 5) is 16.1. The van der Waals surface area contributed by atoms with Gasteiger partial charge in [0.25, 0.3) is 0 Å². The van der Waals surface area contributed by atoms with Crippen molar-refractivity contribution in [2.45, 2.75) is 39.7 Å². The first-order valence-electron chi connectivity index (χ1n) is 9.09. The van der Waals surface area contributed by atoms with E-state index in [2.05, 4.69) is 48.9 Å². The summed E-state index contributed by atoms with van der Waals surface area (Å²) in [5.41, 5.74) is 3.46. The summed E-state index contributed by atoms with van der Waals surface area (Å²) in [6.45, 7) is 7.37. The average molecular weight is 338 g/mol. The number of aryl methyl sites for hydroxylation is 3. The van der Waals surface area contributed by atoms with E-state index in [-0.39, 0.29) is 0 Å². The number of nitrogens with zero attached hydrogens (tertiary/aromatic N) is 6. The van der Waals surface area contributed by atoms with Crippen molar-refractivity contribution in [3.05, 3.63) is 47.6 Å². The minimum absolute atomic E-state index is 0.676. The van der Waals surface area contributed by atoms with Gasteiger partial charge in [-0.2, -0.15) is 0 Å². The molecule has 1 atom stereocenters. The van der Waals surface area contributed by atoms with Crippen LogP contribution >= 0.6 is 0 Å². The van der Waals surface area contributed by atoms with Crippen LogP contribution in [0.15, 0.2) is 24.7 Å². The molecule has 1 saturated heterocycles. The Bertz CT molecular complexity index is 877. The molecule has 0 amide bonds. The Morgan fingerprint density at radius 3 is 2.92 bits per heavy atom. The van der Waals surface area contributed by atoms with Crippen LogP contribution in [-0.4, -0.2) is 41.9 Å². The number of fused-ring (bicyclic) bond motifs is 1. The highest BCUT2D eigenvalue weighted by Crippen LogP contribution is 2.22. The number of rotatable bonds is 4. The predicted molar refractivity (Wildman–Crippen MR) is 97.4 cm³/mol. The van der Waals surface area contributed by atoms with E-state index in [0.717, 1.165) is 37.5 Å². The van der Waals surface area contributed by atoms with Crippen molar-refractivity contribution in [2.75, 3.05) is 13.1 Å². The number of piperidine rings is 1. The summed E-state index contributed by atoms with van der Waals surface area (Å²) in [6.07, 6.45) is 9.51. The third-order valence-electron chi connectivity index (χ3n) is 5.24. The van der Waals surface area contributed by atoms with Gasteiger partial charge >= 0.3 is 0 Å². The molecule has 3 aromatic heterocycles. The van der Waals surface area contributed by atoms with Crippen molar-refractivity contribution in [1.82, 2.24) is 28.8 Å². The van der Waals surface area contributed by atoms with Crippen molar-refractivity contribution in [1.29, 1.82) is 0 Å². The first kappa shape index (κ1) is 16.3. The van der Waals surface area contributed by atoms with Gasteiger partial charge in [0.05, 0.1) is 11.9 Å². The number of imidazole rings is 2. The first-order valence-corrected chi connectivity index (χ1v) is 9.09. The maximum atomic E-state index is 4.55. The fourth-order valence-corrected chi connectivity index (χ4v) is 4.05. The summed E-state index contributed by atoms with van der Waals surface area (Å²) < 4.78 is 4.33. The molecule has 132 valence electrons. The zero-order valence-corrected chi connectivity index (χ0v) is 15.3. The fourth-order valence-electron chi connectivity index (χ4n) is 4.05. The second-order valence-corrected chi connectivity index (χ2v) is 7.33. The van der Waals surface area contributed by atoms with Crippen LogP contribution in [0.1, 0.15) is 35.7 Å². The highest BCUT2D eigenvalue weighted by molar-refractivity contribution is 5.35. The molecule has 0 radical (unpaired) electrons. The highest BCUT2D eigenvalue weighted by Gasteiger charge is 2.22. The van der Waals surface area contributed by atoms with Gasteiger partial charge in [0.1, 0.15) is 5.82 Å². The van der Waals surface area contributed by atoms with Crippen molar-refractivity contribution < 1.29 is 0 Å². The van der Waals surface area contributed by atoms with Crippen LogP contribution in [-0.2, 0) is 20.0 Å². The highest BCUT2D eigenvalue weighted by atomic mass is 15.2. The predicted octanol–water partition coefficient (Wildman–Crippen LogP) is 2.53. The summed E-state index contributed by atoms with van der Waals surface area (Å²) in [5.74, 6) is 2.68. The van der Waals surface area contributed by atoms with Crippen molar-refractivity contribution in [3.8, 4) is 0 Å². The van der Waals surface area contributed by atoms with Gasteiger partial charge < -0.3 is 4.57 Å². The molecule has 0 N–H and O–H groups in total. The van der Waals surface area contributed by atoms with E-state index < -0.39 is 0 Å². The Balaban J connectivity index is 1.48. The van der Waals surface area contributed by atoms with E-state index in [9.17, 15) is 0 Å². The van der Waals surface area contributed by atoms with Gasteiger partial charge in [-0.05, 0) is 45.2 Å². The molecular weight excluding hydrogens is 312 g/mol. The maximum absolute atomic E-state index is 4.55. The van der Waals surface area contributed by atoms with E-state index in [4.69, 9.17) is 0 Å². The van der Waals surface area contributed by atoms with Crippen LogP contribution in [0.5, 0.6) is 0 Å². The summed E-state index contributed by atoms with van der Waals surface area (Å²) in [5, 5.41) is 0. The van der Waals surface area contributed by atoms with Crippen LogP contribution in [0.25, 0.3) is 5.78 Å². The maximum Gasteiger partial charge on any atom is 0.234 e. The second kappa shape index (κ2) is 6.59. The fraction of sp³-hybridized carbons (Fsp3) is 0.526. The average Bonchev–Trinajstić information content (AvgIpc) is 3.15. The lowest BCUT2D eigenvalue weighted by molar-refractivity contribution is 0.163. The minimum atomic E-state index is 0.676. The molecule has 0 bridgehead atoms. The third-order valence-corrected chi connectivity index (χ3v) is 5.24. The van der Waals surface area contributed by atoms with E-state index in [0.29, 0.717) is 5.92 Å². The molecule has 0 aromatic carbocycles. The molecule has 1 unspecified atom stereocenters. The van der Waals surface area contributed by atoms with Gasteiger partial charge in [-0.25, -0.2) is 15.0 Å². The number of hydrogen-bond donors (Lipinski definition) is 0. The SMILES string of the molecule is Cc1cc(C)n2c(CN3CCCC(Cc4nccn4C)C3)cnc2n1. The van der Waals surface area contributed by atoms with Crippen molar-refractivity contribution in [2.24, 2.45) is 13.0 Å². The summed E-state index contributed by atoms with van der Waals surface area (Å²) in [6, 6.07) is 2.12. The Morgan fingerprint density at radius 2 is 2.12 bits per heavy atom. The second-order valence-electron chi connectivity index (χ2n) is 7.33. The minimum Gasteiger partial charge on any atom is -0.338 e. The molecular formula is C19H26N6. The van der Waals surface area contributed by atoms with Crippen LogP contribution < -0.4 is 0 Å². The Hall–Kier alpha value is -2.21. The Labute approximate surface area is 148 Å². The summed E-state index contributed by atoms with van der Waals surface area (Å²) in [7, 11) is 2.08. The Kier molecular flexibility index (Phi) is 4.29. The topological polar surface area (TPSA) is 51.2 Å². The molecule has 0 aliphatic carbocycles. The van der Waals surface area contributed by atoms with Gasteiger partial charge in [-0.1, -0.05) is 0 Å². The van der Waals surface area contributed by atoms with Gasteiger partial charge in [-0.3, -0.25) is 9.30 Å². The third kappa shape index (κ3) is 3.31. The molecule has 1 fully saturated rings. The zero-order chi connectivity index (χ0) is 17.4. The smallest absolute Gasteiger partial charge is 0.234 e. The monoisotopic (exact) mass is 338 g/mol. The molecule has 6 heteroatoms. The summed E-state index contributed by atoms with van der Waals surface area (Å²) >= 11 is 0. The lowest BCUT2D eigenvalue weighted by atomic mass is 9.94. The molecule has 6 nitrogen and oxygen atoms in total. The molecule has 25 heavy (non-hydrogen) atoms. The van der Waals surface area contributed by atoms with Gasteiger partial charge in [0.15, 0.2) is 0 Å². The standard InChI is InChI=1S/C19H26N6/c1-14-9-15(2)25-17(11-21-19(25)22-14)13-24-7-4-5-16(12-24)10-18-20-6-8-23(18)3/h6,8-9,11,16H,4-5,7,10,12-13H2,1-3H3. The molecule has 4 rings (SSSR count). The van der Waals surface area contributed by atoms with E-state index in [1.807, 2.05) is 25.5 Å². The van der Waals surface area contributed by atoms with Crippen LogP contribution in [0.4, 0.5) is 0 Å². The lowest BCUT2D eigenvalue weighted by Crippen LogP contribution is -2.36. The lowest BCUT2D eigenvalue weighted by Gasteiger charge is -2.32.